The Morgan fingerprint density at radius 2 is 1.61 bits per heavy atom. The smallest absolute Gasteiger partial charge is 0.307 e. The molecule has 0 saturated heterocycles. The fraction of sp³-hybridized carbons (Fsp3) is 0.273. The van der Waals surface area contributed by atoms with Crippen LogP contribution in [-0.4, -0.2) is 12.7 Å². The summed E-state index contributed by atoms with van der Waals surface area (Å²) in [6.07, 6.45) is -5.74. The molecule has 0 spiro atoms. The van der Waals surface area contributed by atoms with Crippen LogP contribution < -0.4 is 5.32 Å². The summed E-state index contributed by atoms with van der Waals surface area (Å²) in [6.45, 7) is 2.03. The van der Waals surface area contributed by atoms with Gasteiger partial charge in [0.2, 0.25) is 0 Å². The second-order valence-electron chi connectivity index (χ2n) is 6.70. The molecule has 6 heteroatoms. The number of nitrogens with one attached hydrogen (secondary N) is 1. The zero-order chi connectivity index (χ0) is 19.4. The maximum Gasteiger partial charge on any atom is 0.416 e. The lowest BCUT2D eigenvalue weighted by Crippen LogP contribution is -2.28. The Morgan fingerprint density at radius 1 is 0.929 bits per heavy atom. The monoisotopic (exact) mass is 411 g/mol. The molecule has 3 aromatic rings. The van der Waals surface area contributed by atoms with Crippen molar-refractivity contribution >= 4 is 23.2 Å². The number of hydrogen-bond donors (Lipinski definition) is 1. The Balaban J connectivity index is 0.00000280. The molecule has 0 aromatic heterocycles. The number of hydrogen-bond acceptors (Lipinski definition) is 1. The lowest BCUT2D eigenvalue weighted by Gasteiger charge is -2.18. The molecule has 0 aliphatic carbocycles. The van der Waals surface area contributed by atoms with E-state index in [4.69, 9.17) is 0 Å². The Kier molecular flexibility index (Phi) is 7.44. The van der Waals surface area contributed by atoms with Crippen molar-refractivity contribution in [2.45, 2.75) is 31.7 Å². The summed E-state index contributed by atoms with van der Waals surface area (Å²) in [4.78, 5) is 0. The number of rotatable bonds is 6. The third kappa shape index (κ3) is 5.46. The molecule has 28 heavy (non-hydrogen) atoms. The average Bonchev–Trinajstić information content (AvgIpc) is 2.65. The summed E-state index contributed by atoms with van der Waals surface area (Å²) < 4.78 is 52.7. The molecule has 150 valence electrons. The Morgan fingerprint density at radius 3 is 2.36 bits per heavy atom. The van der Waals surface area contributed by atoms with E-state index in [0.29, 0.717) is 5.56 Å². The summed E-state index contributed by atoms with van der Waals surface area (Å²) in [5.74, 6) is 0. The van der Waals surface area contributed by atoms with Gasteiger partial charge in [0, 0.05) is 19.0 Å². The highest BCUT2D eigenvalue weighted by Crippen LogP contribution is 2.30. The van der Waals surface area contributed by atoms with Crippen molar-refractivity contribution in [2.24, 2.45) is 0 Å². The van der Waals surface area contributed by atoms with E-state index in [1.807, 2.05) is 49.4 Å². The first kappa shape index (κ1) is 22.2. The first-order chi connectivity index (χ1) is 12.8. The van der Waals surface area contributed by atoms with E-state index in [1.165, 1.54) is 12.1 Å². The SMILES string of the molecule is C[C@@H](NC[C@H](F)Cc1cccc(C(F)(F)F)c1)c1cccc2ccccc12.Cl. The third-order valence-corrected chi connectivity index (χ3v) is 4.65. The molecule has 2 atom stereocenters. The molecule has 0 aliphatic heterocycles. The third-order valence-electron chi connectivity index (χ3n) is 4.65. The second kappa shape index (κ2) is 9.39. The standard InChI is InChI=1S/C22H21F4N.ClH/c1-15(20-11-5-8-17-7-2-3-10-21(17)20)27-14-19(23)13-16-6-4-9-18(12-16)22(24,25)26;/h2-12,15,19,27H,13-14H2,1H3;1H/t15-,19-;/m1./s1. The van der Waals surface area contributed by atoms with Crippen LogP contribution in [0, 0.1) is 0 Å². The lowest BCUT2D eigenvalue weighted by molar-refractivity contribution is -0.137. The zero-order valence-corrected chi connectivity index (χ0v) is 16.2. The lowest BCUT2D eigenvalue weighted by atomic mass is 9.99. The normalized spacial score (nSPS) is 13.8. The van der Waals surface area contributed by atoms with Crippen molar-refractivity contribution in [2.75, 3.05) is 6.54 Å². The minimum absolute atomic E-state index is 0. The van der Waals surface area contributed by atoms with Crippen LogP contribution in [0.1, 0.15) is 29.7 Å². The average molecular weight is 412 g/mol. The largest absolute Gasteiger partial charge is 0.416 e. The molecule has 3 aromatic carbocycles. The Bertz CT molecular complexity index is 905. The van der Waals surface area contributed by atoms with Crippen molar-refractivity contribution in [3.63, 3.8) is 0 Å². The van der Waals surface area contributed by atoms with Crippen LogP contribution in [-0.2, 0) is 12.6 Å². The van der Waals surface area contributed by atoms with Gasteiger partial charge in [-0.1, -0.05) is 60.7 Å². The number of alkyl halides is 4. The van der Waals surface area contributed by atoms with E-state index in [0.717, 1.165) is 28.5 Å². The predicted octanol–water partition coefficient (Wildman–Crippen LogP) is 6.51. The van der Waals surface area contributed by atoms with Gasteiger partial charge in [-0.05, 0) is 34.9 Å². The summed E-state index contributed by atoms with van der Waals surface area (Å²) in [6, 6.07) is 18.8. The highest BCUT2D eigenvalue weighted by Gasteiger charge is 2.30. The molecule has 0 aliphatic rings. The first-order valence-electron chi connectivity index (χ1n) is 8.86. The zero-order valence-electron chi connectivity index (χ0n) is 15.3. The van der Waals surface area contributed by atoms with Crippen molar-refractivity contribution in [1.29, 1.82) is 0 Å². The van der Waals surface area contributed by atoms with Crippen LogP contribution in [0.25, 0.3) is 10.8 Å². The van der Waals surface area contributed by atoms with E-state index in [2.05, 4.69) is 5.32 Å². The van der Waals surface area contributed by atoms with Gasteiger partial charge >= 0.3 is 6.18 Å². The van der Waals surface area contributed by atoms with Gasteiger partial charge in [0.1, 0.15) is 6.17 Å². The molecule has 3 rings (SSSR count). The summed E-state index contributed by atoms with van der Waals surface area (Å²) in [7, 11) is 0. The van der Waals surface area contributed by atoms with Crippen molar-refractivity contribution in [1.82, 2.24) is 5.32 Å². The minimum atomic E-state index is -4.41. The van der Waals surface area contributed by atoms with Crippen LogP contribution >= 0.6 is 12.4 Å². The Labute approximate surface area is 168 Å². The highest BCUT2D eigenvalue weighted by atomic mass is 35.5. The Hall–Kier alpha value is -2.11. The van der Waals surface area contributed by atoms with Gasteiger partial charge in [-0.25, -0.2) is 4.39 Å². The number of benzene rings is 3. The van der Waals surface area contributed by atoms with Gasteiger partial charge < -0.3 is 5.32 Å². The van der Waals surface area contributed by atoms with E-state index in [1.54, 1.807) is 0 Å². The van der Waals surface area contributed by atoms with E-state index >= 15 is 0 Å². The first-order valence-corrected chi connectivity index (χ1v) is 8.86. The molecule has 0 fully saturated rings. The van der Waals surface area contributed by atoms with Crippen LogP contribution in [0.3, 0.4) is 0 Å². The van der Waals surface area contributed by atoms with Crippen molar-refractivity contribution in [3.05, 3.63) is 83.4 Å². The van der Waals surface area contributed by atoms with Gasteiger partial charge in [0.05, 0.1) is 5.56 Å². The summed E-state index contributed by atoms with van der Waals surface area (Å²) in [5, 5.41) is 5.38. The number of halogens is 5. The van der Waals surface area contributed by atoms with Gasteiger partial charge in [-0.2, -0.15) is 13.2 Å². The quantitative estimate of drug-likeness (QED) is 0.456. The fourth-order valence-corrected chi connectivity index (χ4v) is 3.25. The topological polar surface area (TPSA) is 12.0 Å². The molecule has 0 bridgehead atoms. The molecule has 0 unspecified atom stereocenters. The molecule has 0 radical (unpaired) electrons. The highest BCUT2D eigenvalue weighted by molar-refractivity contribution is 5.86. The minimum Gasteiger partial charge on any atom is -0.307 e. The second-order valence-corrected chi connectivity index (χ2v) is 6.70. The molecule has 0 amide bonds. The van der Waals surface area contributed by atoms with Gasteiger partial charge in [-0.15, -0.1) is 12.4 Å². The van der Waals surface area contributed by atoms with Crippen LogP contribution in [0.4, 0.5) is 17.6 Å². The molecule has 0 heterocycles. The maximum atomic E-state index is 14.4. The molecular weight excluding hydrogens is 390 g/mol. The van der Waals surface area contributed by atoms with Crippen LogP contribution in [0.15, 0.2) is 66.7 Å². The van der Waals surface area contributed by atoms with E-state index in [9.17, 15) is 17.6 Å². The van der Waals surface area contributed by atoms with E-state index < -0.39 is 17.9 Å². The van der Waals surface area contributed by atoms with Gasteiger partial charge in [0.15, 0.2) is 0 Å². The van der Waals surface area contributed by atoms with Crippen LogP contribution in [0.2, 0.25) is 0 Å². The number of fused-ring (bicyclic) bond motifs is 1. The summed E-state index contributed by atoms with van der Waals surface area (Å²) >= 11 is 0. The van der Waals surface area contributed by atoms with Crippen LogP contribution in [0.5, 0.6) is 0 Å². The molecular formula is C22H22ClF4N. The molecule has 1 N–H and O–H groups in total. The molecule has 1 nitrogen and oxygen atoms in total. The van der Waals surface area contributed by atoms with Gasteiger partial charge in [-0.3, -0.25) is 0 Å². The van der Waals surface area contributed by atoms with Gasteiger partial charge in [0.25, 0.3) is 0 Å². The maximum absolute atomic E-state index is 14.4. The van der Waals surface area contributed by atoms with Crippen molar-refractivity contribution < 1.29 is 17.6 Å². The predicted molar refractivity (Wildman–Crippen MR) is 108 cm³/mol. The molecule has 0 saturated carbocycles. The van der Waals surface area contributed by atoms with Crippen molar-refractivity contribution in [3.8, 4) is 0 Å². The fourth-order valence-electron chi connectivity index (χ4n) is 3.25. The summed E-state index contributed by atoms with van der Waals surface area (Å²) in [5.41, 5.74) is 0.667. The van der Waals surface area contributed by atoms with E-state index in [-0.39, 0.29) is 31.4 Å².